The van der Waals surface area contributed by atoms with Crippen LogP contribution in [0.15, 0.2) is 10.3 Å². The van der Waals surface area contributed by atoms with E-state index in [0.717, 1.165) is 37.8 Å². The van der Waals surface area contributed by atoms with Gasteiger partial charge in [-0.3, -0.25) is 4.79 Å². The van der Waals surface area contributed by atoms with E-state index in [1.165, 1.54) is 0 Å². The van der Waals surface area contributed by atoms with Gasteiger partial charge in [-0.15, -0.1) is 0 Å². The third-order valence-electron chi connectivity index (χ3n) is 8.73. The molecule has 0 radical (unpaired) electrons. The van der Waals surface area contributed by atoms with Gasteiger partial charge in [0, 0.05) is 30.2 Å². The number of nitrogens with two attached hydrogens (primary N) is 1. The van der Waals surface area contributed by atoms with Crippen LogP contribution in [0.4, 0.5) is 0 Å². The van der Waals surface area contributed by atoms with E-state index < -0.39 is 11.0 Å². The number of nitrogens with zero attached hydrogens (tertiary/aromatic N) is 2. The van der Waals surface area contributed by atoms with Gasteiger partial charge in [0.05, 0.1) is 11.4 Å². The minimum atomic E-state index is -1.22. The molecule has 0 unspecified atom stereocenters. The first kappa shape index (κ1) is 19.8. The molecule has 4 rings (SSSR count). The summed E-state index contributed by atoms with van der Waals surface area (Å²) < 4.78 is 0. The lowest BCUT2D eigenvalue weighted by atomic mass is 9.43. The van der Waals surface area contributed by atoms with Crippen molar-refractivity contribution < 1.29 is 19.9 Å². The van der Waals surface area contributed by atoms with Gasteiger partial charge in [-0.1, -0.05) is 24.2 Å². The second-order valence-electron chi connectivity index (χ2n) is 9.78. The van der Waals surface area contributed by atoms with Gasteiger partial charge in [-0.05, 0) is 56.3 Å². The number of fused-ring (bicyclic) bond motifs is 5. The molecule has 0 amide bonds. The first-order valence-electron chi connectivity index (χ1n) is 10.6. The normalized spacial score (nSPS) is 48.3. The van der Waals surface area contributed by atoms with Crippen molar-refractivity contribution >= 4 is 17.2 Å². The molecule has 7 heteroatoms. The van der Waals surface area contributed by atoms with E-state index in [1.807, 2.05) is 0 Å². The van der Waals surface area contributed by atoms with Crippen LogP contribution < -0.4 is 5.73 Å². The molecule has 0 aromatic heterocycles. The molecular weight excluding hydrogens is 358 g/mol. The van der Waals surface area contributed by atoms with Crippen molar-refractivity contribution in [3.63, 3.8) is 0 Å². The van der Waals surface area contributed by atoms with E-state index in [2.05, 4.69) is 24.2 Å². The predicted octanol–water partition coefficient (Wildman–Crippen LogP) is 2.48. The summed E-state index contributed by atoms with van der Waals surface area (Å²) >= 11 is 0. The molecule has 28 heavy (non-hydrogen) atoms. The average Bonchev–Trinajstić information content (AvgIpc) is 2.97. The SMILES string of the molecule is C[C@]12CC[C@H]3[C@@H](C/C(=N\O)[C@@]4(O)C/C(=N\OCCN)CC[C@]34C)[C@@H]1CCC2=O. The lowest BCUT2D eigenvalue weighted by Gasteiger charge is -2.62. The number of hydrogen-bond acceptors (Lipinski definition) is 7. The highest BCUT2D eigenvalue weighted by atomic mass is 16.6. The maximum absolute atomic E-state index is 12.6. The highest BCUT2D eigenvalue weighted by Crippen LogP contribution is 2.65. The summed E-state index contributed by atoms with van der Waals surface area (Å²) in [5.41, 5.74) is 4.85. The van der Waals surface area contributed by atoms with E-state index in [4.69, 9.17) is 10.6 Å². The van der Waals surface area contributed by atoms with Crippen molar-refractivity contribution in [1.82, 2.24) is 0 Å². The largest absolute Gasteiger partial charge is 0.411 e. The lowest BCUT2D eigenvalue weighted by molar-refractivity contribution is -0.146. The molecule has 0 aromatic rings. The second kappa shape index (κ2) is 6.80. The Morgan fingerprint density at radius 3 is 2.71 bits per heavy atom. The Bertz CT molecular complexity index is 722. The van der Waals surface area contributed by atoms with Gasteiger partial charge >= 0.3 is 0 Å². The van der Waals surface area contributed by atoms with Crippen LogP contribution in [0.5, 0.6) is 0 Å². The fourth-order valence-electron chi connectivity index (χ4n) is 7.04. The maximum atomic E-state index is 12.6. The van der Waals surface area contributed by atoms with Crippen LogP contribution in [0.3, 0.4) is 0 Å². The van der Waals surface area contributed by atoms with Crippen molar-refractivity contribution in [2.24, 2.45) is 44.6 Å². The van der Waals surface area contributed by atoms with E-state index in [0.29, 0.717) is 55.7 Å². The van der Waals surface area contributed by atoms with Gasteiger partial charge in [0.2, 0.25) is 0 Å². The van der Waals surface area contributed by atoms with Crippen molar-refractivity contribution in [3.05, 3.63) is 0 Å². The minimum Gasteiger partial charge on any atom is -0.411 e. The van der Waals surface area contributed by atoms with E-state index in [1.54, 1.807) is 0 Å². The molecule has 4 fully saturated rings. The van der Waals surface area contributed by atoms with Crippen molar-refractivity contribution in [2.75, 3.05) is 13.2 Å². The van der Waals surface area contributed by atoms with Crippen LogP contribution in [0.2, 0.25) is 0 Å². The van der Waals surface area contributed by atoms with Gasteiger partial charge in [-0.2, -0.15) is 0 Å². The Morgan fingerprint density at radius 1 is 1.21 bits per heavy atom. The fraction of sp³-hybridized carbons (Fsp3) is 0.857. The maximum Gasteiger partial charge on any atom is 0.139 e. The number of carbonyl (C=O) groups excluding carboxylic acids is 1. The van der Waals surface area contributed by atoms with Crippen LogP contribution in [0, 0.1) is 28.6 Å². The number of Topliss-reactive ketones (excluding diaryl/α,β-unsaturated/α-hetero) is 1. The molecule has 4 saturated carbocycles. The number of aliphatic hydroxyl groups is 1. The molecular formula is C21H33N3O4. The Morgan fingerprint density at radius 2 is 2.00 bits per heavy atom. The monoisotopic (exact) mass is 391 g/mol. The standard InChI is InChI=1S/C21H33N3O4/c1-19-7-6-16-14(15(19)3-4-18(19)25)11-17(23-27)21(26)12-13(24-28-10-9-22)5-8-20(16,21)2/h14-16,26-27H,3-12,22H2,1-2H3/b23-17+,24-13-/t14-,15-,16-,19-,20+,21-/m0/s1. The molecule has 7 nitrogen and oxygen atoms in total. The molecule has 4 aliphatic carbocycles. The van der Waals surface area contributed by atoms with Crippen molar-refractivity contribution in [3.8, 4) is 0 Å². The van der Waals surface area contributed by atoms with Gasteiger partial charge in [-0.25, -0.2) is 0 Å². The average molecular weight is 392 g/mol. The Kier molecular flexibility index (Phi) is 4.82. The number of ketones is 1. The summed E-state index contributed by atoms with van der Waals surface area (Å²) in [6.45, 7) is 5.01. The number of oxime groups is 2. The summed E-state index contributed by atoms with van der Waals surface area (Å²) in [7, 11) is 0. The fourth-order valence-corrected chi connectivity index (χ4v) is 7.04. The zero-order chi connectivity index (χ0) is 20.2. The topological polar surface area (TPSA) is 118 Å². The molecule has 4 aliphatic rings. The first-order chi connectivity index (χ1) is 13.3. The van der Waals surface area contributed by atoms with Crippen molar-refractivity contribution in [1.29, 1.82) is 0 Å². The van der Waals surface area contributed by atoms with E-state index in [-0.39, 0.29) is 11.3 Å². The highest BCUT2D eigenvalue weighted by Gasteiger charge is 2.66. The zero-order valence-corrected chi connectivity index (χ0v) is 17.0. The predicted molar refractivity (Wildman–Crippen MR) is 105 cm³/mol. The van der Waals surface area contributed by atoms with Crippen LogP contribution >= 0.6 is 0 Å². The zero-order valence-electron chi connectivity index (χ0n) is 17.0. The summed E-state index contributed by atoms with van der Waals surface area (Å²) in [5, 5.41) is 29.4. The molecule has 0 heterocycles. The first-order valence-corrected chi connectivity index (χ1v) is 10.6. The van der Waals surface area contributed by atoms with Crippen LogP contribution in [-0.2, 0) is 9.63 Å². The molecule has 0 saturated heterocycles. The molecule has 6 atom stereocenters. The Balaban J connectivity index is 1.67. The van der Waals surface area contributed by atoms with Gasteiger partial charge in [0.1, 0.15) is 18.0 Å². The molecule has 0 bridgehead atoms. The van der Waals surface area contributed by atoms with Crippen LogP contribution in [-0.4, -0.2) is 46.3 Å². The third kappa shape index (κ3) is 2.58. The van der Waals surface area contributed by atoms with Gasteiger partial charge in [0.15, 0.2) is 0 Å². The number of rotatable bonds is 3. The van der Waals surface area contributed by atoms with Crippen molar-refractivity contribution in [2.45, 2.75) is 70.8 Å². The number of carbonyl (C=O) groups is 1. The summed E-state index contributed by atoms with van der Waals surface area (Å²) in [6.07, 6.45) is 5.83. The summed E-state index contributed by atoms with van der Waals surface area (Å²) in [4.78, 5) is 17.8. The van der Waals surface area contributed by atoms with Crippen LogP contribution in [0.1, 0.15) is 65.2 Å². The molecule has 156 valence electrons. The van der Waals surface area contributed by atoms with E-state index in [9.17, 15) is 15.1 Å². The second-order valence-corrected chi connectivity index (χ2v) is 9.78. The molecule has 0 spiro atoms. The Hall–Kier alpha value is -1.47. The van der Waals surface area contributed by atoms with Crippen LogP contribution in [0.25, 0.3) is 0 Å². The smallest absolute Gasteiger partial charge is 0.139 e. The molecule has 0 aromatic carbocycles. The summed E-state index contributed by atoms with van der Waals surface area (Å²) in [5.74, 6) is 1.31. The third-order valence-corrected chi connectivity index (χ3v) is 8.73. The highest BCUT2D eigenvalue weighted by molar-refractivity contribution is 6.00. The van der Waals surface area contributed by atoms with Gasteiger partial charge in [0.25, 0.3) is 0 Å². The minimum absolute atomic E-state index is 0.245. The summed E-state index contributed by atoms with van der Waals surface area (Å²) in [6, 6.07) is 0. The van der Waals surface area contributed by atoms with Gasteiger partial charge < -0.3 is 20.9 Å². The molecule has 0 aliphatic heterocycles. The quantitative estimate of drug-likeness (QED) is 0.388. The Labute approximate surface area is 166 Å². The number of hydrogen-bond donors (Lipinski definition) is 3. The van der Waals surface area contributed by atoms with E-state index >= 15 is 0 Å². The lowest BCUT2D eigenvalue weighted by Crippen LogP contribution is -2.66. The molecule has 4 N–H and O–H groups in total.